The molecule has 1 aromatic heterocycles. The van der Waals surface area contributed by atoms with Crippen molar-refractivity contribution in [2.24, 2.45) is 0 Å². The minimum Gasteiger partial charge on any atom is -0.479 e. The van der Waals surface area contributed by atoms with E-state index < -0.39 is 5.82 Å². The van der Waals surface area contributed by atoms with E-state index in [0.717, 1.165) is 0 Å². The van der Waals surface area contributed by atoms with E-state index in [1.807, 2.05) is 0 Å². The molecule has 0 radical (unpaired) electrons. The van der Waals surface area contributed by atoms with Crippen LogP contribution in [0.5, 0.6) is 5.88 Å². The lowest BCUT2D eigenvalue weighted by Crippen LogP contribution is -2.14. The summed E-state index contributed by atoms with van der Waals surface area (Å²) in [6.45, 7) is 2.78. The minimum atomic E-state index is -0.506. The molecular weight excluding hydrogens is 216 g/mol. The molecule has 0 saturated carbocycles. The number of halogens is 2. The number of aryl methyl sites for hydroxylation is 1. The second kappa shape index (κ2) is 6.92. The summed E-state index contributed by atoms with van der Waals surface area (Å²) in [7, 11) is 4.95. The second-order valence-corrected chi connectivity index (χ2v) is 3.09. The van der Waals surface area contributed by atoms with Crippen molar-refractivity contribution < 1.29 is 13.5 Å². The average Bonchev–Trinajstić information content (AvgIpc) is 2.22. The topological polar surface area (TPSA) is 38.2 Å². The molecule has 0 aromatic carbocycles. The molecule has 1 aromatic rings. The Morgan fingerprint density at radius 1 is 1.31 bits per heavy atom. The highest BCUT2D eigenvalue weighted by atomic mass is 19.1. The zero-order valence-electron chi connectivity index (χ0n) is 10.2. The van der Waals surface area contributed by atoms with Gasteiger partial charge in [-0.3, -0.25) is 4.39 Å². The van der Waals surface area contributed by atoms with Gasteiger partial charge in [-0.15, -0.1) is 0 Å². The lowest BCUT2D eigenvalue weighted by molar-refractivity contribution is 0.365. The Labute approximate surface area is 94.3 Å². The fourth-order valence-electron chi connectivity index (χ4n) is 0.854. The molecule has 92 valence electrons. The first-order valence-electron chi connectivity index (χ1n) is 4.79. The monoisotopic (exact) mass is 233 g/mol. The van der Waals surface area contributed by atoms with Gasteiger partial charge >= 0.3 is 0 Å². The van der Waals surface area contributed by atoms with Crippen LogP contribution in [0.25, 0.3) is 0 Å². The van der Waals surface area contributed by atoms with Crippen LogP contribution in [0, 0.1) is 12.7 Å². The smallest absolute Gasteiger partial charge is 0.255 e. The Morgan fingerprint density at radius 2 is 1.81 bits per heavy atom. The van der Waals surface area contributed by atoms with Crippen LogP contribution >= 0.6 is 0 Å². The van der Waals surface area contributed by atoms with Crippen LogP contribution in [0.15, 0.2) is 0 Å². The second-order valence-electron chi connectivity index (χ2n) is 3.09. The molecule has 0 atom stereocenters. The summed E-state index contributed by atoms with van der Waals surface area (Å²) in [5.41, 5.74) is 0.288. The third-order valence-electron chi connectivity index (χ3n) is 1.57. The number of rotatable bonds is 2. The maximum atomic E-state index is 13.2. The molecule has 0 bridgehead atoms. The maximum absolute atomic E-state index is 13.2. The van der Waals surface area contributed by atoms with E-state index in [9.17, 15) is 8.78 Å². The molecule has 16 heavy (non-hydrogen) atoms. The lowest BCUT2D eigenvalue weighted by Gasteiger charge is -2.12. The van der Waals surface area contributed by atoms with Crippen LogP contribution in [0.4, 0.5) is 14.7 Å². The molecule has 0 N–H and O–H groups in total. The highest BCUT2D eigenvalue weighted by Gasteiger charge is 2.12. The van der Waals surface area contributed by atoms with Gasteiger partial charge in [-0.1, -0.05) is 0 Å². The number of hydrogen-bond acceptors (Lipinski definition) is 4. The van der Waals surface area contributed by atoms with Crippen LogP contribution in [-0.4, -0.2) is 37.8 Å². The summed E-state index contributed by atoms with van der Waals surface area (Å²) in [6, 6.07) is 0. The highest BCUT2D eigenvalue weighted by molar-refractivity contribution is 5.33. The van der Waals surface area contributed by atoms with Gasteiger partial charge in [0.05, 0.1) is 19.5 Å². The largest absolute Gasteiger partial charge is 0.479 e. The van der Waals surface area contributed by atoms with Gasteiger partial charge in [0.2, 0.25) is 11.8 Å². The quantitative estimate of drug-likeness (QED) is 0.782. The fraction of sp³-hybridized carbons (Fsp3) is 0.600. The first-order valence-corrected chi connectivity index (χ1v) is 4.79. The number of alkyl halides is 1. The molecule has 0 fully saturated rings. The lowest BCUT2D eigenvalue weighted by atomic mass is 10.4. The van der Waals surface area contributed by atoms with Gasteiger partial charge in [-0.2, -0.15) is 9.37 Å². The third-order valence-corrected chi connectivity index (χ3v) is 1.57. The van der Waals surface area contributed by atoms with Gasteiger partial charge in [-0.05, 0) is 13.8 Å². The first-order chi connectivity index (χ1) is 7.47. The Morgan fingerprint density at radius 3 is 2.19 bits per heavy atom. The molecule has 0 aliphatic carbocycles. The first kappa shape index (κ1) is 14.5. The van der Waals surface area contributed by atoms with Gasteiger partial charge < -0.3 is 9.64 Å². The van der Waals surface area contributed by atoms with Gasteiger partial charge in [0.1, 0.15) is 0 Å². The number of methoxy groups -OCH3 is 1. The predicted molar refractivity (Wildman–Crippen MR) is 59.3 cm³/mol. The number of nitrogens with zero attached hydrogens (tertiary/aromatic N) is 3. The van der Waals surface area contributed by atoms with Gasteiger partial charge in [-0.25, -0.2) is 4.98 Å². The van der Waals surface area contributed by atoms with Crippen LogP contribution < -0.4 is 9.64 Å². The number of aromatic nitrogens is 2. The van der Waals surface area contributed by atoms with Crippen molar-refractivity contribution in [1.82, 2.24) is 9.97 Å². The molecule has 0 aliphatic heterocycles. The Hall–Kier alpha value is -1.46. The zero-order valence-corrected chi connectivity index (χ0v) is 10.2. The third kappa shape index (κ3) is 3.96. The Balaban J connectivity index is 0.000000673. The molecule has 1 heterocycles. The number of anilines is 1. The normalized spacial score (nSPS) is 9.19. The molecule has 1 rings (SSSR count). The van der Waals surface area contributed by atoms with Crippen molar-refractivity contribution in [2.75, 3.05) is 32.8 Å². The van der Waals surface area contributed by atoms with Crippen molar-refractivity contribution in [3.63, 3.8) is 0 Å². The van der Waals surface area contributed by atoms with Crippen LogP contribution in [-0.2, 0) is 0 Å². The maximum Gasteiger partial charge on any atom is 0.255 e. The van der Waals surface area contributed by atoms with Crippen molar-refractivity contribution in [3.8, 4) is 5.88 Å². The molecule has 0 amide bonds. The van der Waals surface area contributed by atoms with Crippen molar-refractivity contribution in [1.29, 1.82) is 0 Å². The van der Waals surface area contributed by atoms with E-state index in [0.29, 0.717) is 5.95 Å². The molecular formula is C10H17F2N3O. The summed E-state index contributed by atoms with van der Waals surface area (Å²) in [6.07, 6.45) is 0. The molecule has 4 nitrogen and oxygen atoms in total. The molecule has 6 heteroatoms. The van der Waals surface area contributed by atoms with E-state index in [1.165, 1.54) is 14.0 Å². The van der Waals surface area contributed by atoms with Gasteiger partial charge in [0, 0.05) is 14.1 Å². The summed E-state index contributed by atoms with van der Waals surface area (Å²) in [5, 5.41) is 0. The van der Waals surface area contributed by atoms with Crippen molar-refractivity contribution in [2.45, 2.75) is 13.8 Å². The Bertz CT molecular complexity index is 332. The molecule has 0 saturated heterocycles. The zero-order chi connectivity index (χ0) is 12.7. The summed E-state index contributed by atoms with van der Waals surface area (Å²) < 4.78 is 28.2. The minimum absolute atomic E-state index is 0.0174. The molecule has 0 unspecified atom stereocenters. The summed E-state index contributed by atoms with van der Waals surface area (Å²) >= 11 is 0. The average molecular weight is 233 g/mol. The van der Waals surface area contributed by atoms with Gasteiger partial charge in [0.15, 0.2) is 0 Å². The predicted octanol–water partition coefficient (Wildman–Crippen LogP) is 1.97. The fourth-order valence-corrected chi connectivity index (χ4v) is 0.854. The van der Waals surface area contributed by atoms with E-state index in [-0.39, 0.29) is 18.2 Å². The van der Waals surface area contributed by atoms with Crippen LogP contribution in [0.3, 0.4) is 0 Å². The Kier molecular flexibility index (Phi) is 6.29. The van der Waals surface area contributed by atoms with E-state index in [2.05, 4.69) is 9.97 Å². The van der Waals surface area contributed by atoms with Gasteiger partial charge in [0.25, 0.3) is 5.88 Å². The number of hydrogen-bond donors (Lipinski definition) is 0. The van der Waals surface area contributed by atoms with Crippen LogP contribution in [0.1, 0.15) is 12.6 Å². The van der Waals surface area contributed by atoms with E-state index >= 15 is 0 Å². The van der Waals surface area contributed by atoms with Crippen LogP contribution in [0.2, 0.25) is 0 Å². The van der Waals surface area contributed by atoms with E-state index in [1.54, 1.807) is 25.9 Å². The highest BCUT2D eigenvalue weighted by Crippen LogP contribution is 2.18. The summed E-state index contributed by atoms with van der Waals surface area (Å²) in [4.78, 5) is 9.50. The van der Waals surface area contributed by atoms with Crippen molar-refractivity contribution >= 4 is 5.95 Å². The molecule has 0 aliphatic rings. The summed E-state index contributed by atoms with van der Waals surface area (Å²) in [5.74, 6) is -0.0833. The van der Waals surface area contributed by atoms with Crippen molar-refractivity contribution in [3.05, 3.63) is 11.5 Å². The standard InChI is InChI=1S/C8H12FN3O.C2H5F/c1-5-6(9)7(13-4)11-8(10-5)12(2)3;1-2-3/h1-4H3;2H2,1H3. The SMILES string of the molecule is CCF.COc1nc(N(C)C)nc(C)c1F. The van der Waals surface area contributed by atoms with E-state index in [4.69, 9.17) is 4.74 Å². The molecule has 0 spiro atoms. The number of ether oxygens (including phenoxy) is 1.